The molecule has 0 rings (SSSR count). The highest BCUT2D eigenvalue weighted by Gasteiger charge is 2.19. The Morgan fingerprint density at radius 1 is 0.333 bits per heavy atom. The van der Waals surface area contributed by atoms with Gasteiger partial charge in [0.15, 0.2) is 6.10 Å². The van der Waals surface area contributed by atoms with Crippen molar-refractivity contribution in [3.8, 4) is 0 Å². The molecular weight excluding hydrogens is 709 g/mol. The minimum absolute atomic E-state index is 0.0643. The van der Waals surface area contributed by atoms with Crippen molar-refractivity contribution in [1.82, 2.24) is 0 Å². The highest BCUT2D eigenvalue weighted by atomic mass is 16.6. The monoisotopic (exact) mass is 807 g/mol. The first kappa shape index (κ1) is 55.4. The first-order valence-electron chi connectivity index (χ1n) is 25.2. The zero-order valence-electron chi connectivity index (χ0n) is 39.0. The van der Waals surface area contributed by atoms with Crippen molar-refractivity contribution in [3.63, 3.8) is 0 Å². The molecule has 0 aliphatic rings. The first-order chi connectivity index (χ1) is 27.7. The molecule has 0 aromatic carbocycles. The second-order valence-electron chi connectivity index (χ2n) is 18.4. The molecule has 0 aromatic rings. The van der Waals surface area contributed by atoms with E-state index in [1.807, 2.05) is 0 Å². The second kappa shape index (κ2) is 44.0. The Morgan fingerprint density at radius 2 is 0.579 bits per heavy atom. The van der Waals surface area contributed by atoms with Crippen LogP contribution in [0.25, 0.3) is 0 Å². The van der Waals surface area contributed by atoms with E-state index in [-0.39, 0.29) is 31.1 Å². The Balaban J connectivity index is 4.30. The van der Waals surface area contributed by atoms with Crippen LogP contribution in [-0.4, -0.2) is 37.2 Å². The molecule has 0 aliphatic heterocycles. The SMILES string of the molecule is CCCCCCCCCCCCCCCCC(=O)OC[C@H](COC(=O)CCCCCCCCCC(C)C)OC(=O)CCCCCCCCCCCCCCC(C)C. The van der Waals surface area contributed by atoms with E-state index >= 15 is 0 Å². The molecule has 0 aliphatic carbocycles. The van der Waals surface area contributed by atoms with Gasteiger partial charge in [-0.05, 0) is 31.1 Å². The van der Waals surface area contributed by atoms with E-state index in [1.165, 1.54) is 167 Å². The van der Waals surface area contributed by atoms with Gasteiger partial charge in [-0.15, -0.1) is 0 Å². The molecule has 6 heteroatoms. The molecule has 0 N–H and O–H groups in total. The van der Waals surface area contributed by atoms with E-state index in [0.717, 1.165) is 69.6 Å². The van der Waals surface area contributed by atoms with Crippen molar-refractivity contribution < 1.29 is 28.6 Å². The highest BCUT2D eigenvalue weighted by molar-refractivity contribution is 5.71. The molecule has 0 amide bonds. The molecule has 0 saturated carbocycles. The number of esters is 3. The number of rotatable bonds is 45. The first-order valence-corrected chi connectivity index (χ1v) is 25.2. The molecule has 57 heavy (non-hydrogen) atoms. The summed E-state index contributed by atoms with van der Waals surface area (Å²) in [6, 6.07) is 0. The molecule has 0 unspecified atom stereocenters. The Labute approximate surface area is 355 Å². The number of hydrogen-bond donors (Lipinski definition) is 0. The number of hydrogen-bond acceptors (Lipinski definition) is 6. The fourth-order valence-corrected chi connectivity index (χ4v) is 7.64. The Morgan fingerprint density at radius 3 is 0.860 bits per heavy atom. The van der Waals surface area contributed by atoms with Gasteiger partial charge >= 0.3 is 17.9 Å². The molecule has 0 bridgehead atoms. The third kappa shape index (κ3) is 45.3. The van der Waals surface area contributed by atoms with Gasteiger partial charge in [0, 0.05) is 19.3 Å². The summed E-state index contributed by atoms with van der Waals surface area (Å²) in [7, 11) is 0. The zero-order chi connectivity index (χ0) is 41.9. The fraction of sp³-hybridized carbons (Fsp3) is 0.941. The number of unbranched alkanes of at least 4 members (excludes halogenated alkanes) is 30. The van der Waals surface area contributed by atoms with Crippen molar-refractivity contribution in [1.29, 1.82) is 0 Å². The van der Waals surface area contributed by atoms with Gasteiger partial charge in [0.1, 0.15) is 13.2 Å². The van der Waals surface area contributed by atoms with Crippen molar-refractivity contribution >= 4 is 17.9 Å². The smallest absolute Gasteiger partial charge is 0.306 e. The van der Waals surface area contributed by atoms with Gasteiger partial charge in [-0.1, -0.05) is 240 Å². The predicted octanol–water partition coefficient (Wildman–Crippen LogP) is 16.1. The summed E-state index contributed by atoms with van der Waals surface area (Å²) in [6.07, 6.45) is 43.8. The van der Waals surface area contributed by atoms with Crippen LogP contribution < -0.4 is 0 Å². The Hall–Kier alpha value is -1.59. The molecule has 1 atom stereocenters. The largest absolute Gasteiger partial charge is 0.462 e. The zero-order valence-corrected chi connectivity index (χ0v) is 39.0. The van der Waals surface area contributed by atoms with Crippen molar-refractivity contribution in [2.75, 3.05) is 13.2 Å². The van der Waals surface area contributed by atoms with Gasteiger partial charge < -0.3 is 14.2 Å². The second-order valence-corrected chi connectivity index (χ2v) is 18.4. The molecule has 0 fully saturated rings. The van der Waals surface area contributed by atoms with Crippen LogP contribution in [-0.2, 0) is 28.6 Å². The highest BCUT2D eigenvalue weighted by Crippen LogP contribution is 2.17. The van der Waals surface area contributed by atoms with Crippen LogP contribution in [0.1, 0.15) is 279 Å². The summed E-state index contributed by atoms with van der Waals surface area (Å²) in [5.41, 5.74) is 0. The van der Waals surface area contributed by atoms with E-state index in [0.29, 0.717) is 19.3 Å². The maximum absolute atomic E-state index is 12.8. The molecule has 0 heterocycles. The van der Waals surface area contributed by atoms with E-state index < -0.39 is 6.10 Å². The van der Waals surface area contributed by atoms with E-state index in [4.69, 9.17) is 14.2 Å². The van der Waals surface area contributed by atoms with Gasteiger partial charge in [-0.3, -0.25) is 14.4 Å². The van der Waals surface area contributed by atoms with Gasteiger partial charge in [-0.2, -0.15) is 0 Å². The maximum atomic E-state index is 12.8. The fourth-order valence-electron chi connectivity index (χ4n) is 7.64. The van der Waals surface area contributed by atoms with E-state index in [9.17, 15) is 14.4 Å². The molecule has 338 valence electrons. The molecular formula is C51H98O6. The third-order valence-electron chi connectivity index (χ3n) is 11.5. The summed E-state index contributed by atoms with van der Waals surface area (Å²) < 4.78 is 16.8. The van der Waals surface area contributed by atoms with E-state index in [1.54, 1.807) is 0 Å². The molecule has 0 saturated heterocycles. The van der Waals surface area contributed by atoms with Crippen LogP contribution in [0.5, 0.6) is 0 Å². The normalized spacial score (nSPS) is 12.1. The summed E-state index contributed by atoms with van der Waals surface area (Å²) in [5.74, 6) is 0.761. The van der Waals surface area contributed by atoms with E-state index in [2.05, 4.69) is 34.6 Å². The number of carbonyl (C=O) groups is 3. The van der Waals surface area contributed by atoms with Crippen LogP contribution in [0.2, 0.25) is 0 Å². The lowest BCUT2D eigenvalue weighted by molar-refractivity contribution is -0.167. The maximum Gasteiger partial charge on any atom is 0.306 e. The molecule has 6 nitrogen and oxygen atoms in total. The predicted molar refractivity (Wildman–Crippen MR) is 243 cm³/mol. The minimum Gasteiger partial charge on any atom is -0.462 e. The standard InChI is InChI=1S/C51H98O6/c1-6-7-8-9-10-11-12-13-14-18-21-26-31-36-41-49(52)55-44-48(45-56-50(53)42-37-32-28-23-25-30-35-40-47(4)5)57-51(54)43-38-33-27-22-19-16-15-17-20-24-29-34-39-46(2)3/h46-48H,6-45H2,1-5H3/t48-/m1/s1. The van der Waals surface area contributed by atoms with Gasteiger partial charge in [0.05, 0.1) is 0 Å². The van der Waals surface area contributed by atoms with Gasteiger partial charge in [0.2, 0.25) is 0 Å². The van der Waals surface area contributed by atoms with Crippen LogP contribution >= 0.6 is 0 Å². The van der Waals surface area contributed by atoms with Crippen molar-refractivity contribution in [3.05, 3.63) is 0 Å². The van der Waals surface area contributed by atoms with Crippen LogP contribution in [0.15, 0.2) is 0 Å². The summed E-state index contributed by atoms with van der Waals surface area (Å²) in [6.45, 7) is 11.3. The third-order valence-corrected chi connectivity index (χ3v) is 11.5. The summed E-state index contributed by atoms with van der Waals surface area (Å²) in [5, 5.41) is 0. The number of ether oxygens (including phenoxy) is 3. The summed E-state index contributed by atoms with van der Waals surface area (Å²) in [4.78, 5) is 37.9. The van der Waals surface area contributed by atoms with Crippen LogP contribution in [0, 0.1) is 11.8 Å². The minimum atomic E-state index is -0.761. The average molecular weight is 807 g/mol. The number of carbonyl (C=O) groups excluding carboxylic acids is 3. The van der Waals surface area contributed by atoms with Crippen molar-refractivity contribution in [2.24, 2.45) is 11.8 Å². The lowest BCUT2D eigenvalue weighted by Crippen LogP contribution is -2.30. The molecule has 0 spiro atoms. The topological polar surface area (TPSA) is 78.9 Å². The van der Waals surface area contributed by atoms with Gasteiger partial charge in [0.25, 0.3) is 0 Å². The van der Waals surface area contributed by atoms with Crippen LogP contribution in [0.4, 0.5) is 0 Å². The average Bonchev–Trinajstić information content (AvgIpc) is 3.18. The Kier molecular flexibility index (Phi) is 42.7. The lowest BCUT2D eigenvalue weighted by Gasteiger charge is -2.18. The van der Waals surface area contributed by atoms with Gasteiger partial charge in [-0.25, -0.2) is 0 Å². The molecule has 0 radical (unpaired) electrons. The molecule has 0 aromatic heterocycles. The quantitative estimate of drug-likeness (QED) is 0.0346. The van der Waals surface area contributed by atoms with Crippen LogP contribution in [0.3, 0.4) is 0 Å². The van der Waals surface area contributed by atoms with Crippen molar-refractivity contribution in [2.45, 2.75) is 285 Å². The summed E-state index contributed by atoms with van der Waals surface area (Å²) >= 11 is 0. The Bertz CT molecular complexity index is 870. The lowest BCUT2D eigenvalue weighted by atomic mass is 10.0.